The Bertz CT molecular complexity index is 801. The topological polar surface area (TPSA) is 101 Å². The van der Waals surface area contributed by atoms with Gasteiger partial charge in [-0.25, -0.2) is 4.79 Å². The Labute approximate surface area is 124 Å². The van der Waals surface area contributed by atoms with Crippen LogP contribution in [0.4, 0.5) is 4.39 Å². The number of carbonyl (C=O) groups is 2. The van der Waals surface area contributed by atoms with Crippen LogP contribution in [0, 0.1) is 11.2 Å². The van der Waals surface area contributed by atoms with Crippen LogP contribution in [0.1, 0.15) is 37.2 Å². The first-order valence-electron chi connectivity index (χ1n) is 6.68. The maximum absolute atomic E-state index is 14.0. The van der Waals surface area contributed by atoms with E-state index in [4.69, 9.17) is 0 Å². The van der Waals surface area contributed by atoms with E-state index in [1.165, 1.54) is 13.1 Å². The fraction of sp³-hybridized carbons (Fsp3) is 0.429. The molecule has 0 radical (unpaired) electrons. The van der Waals surface area contributed by atoms with Crippen LogP contribution in [-0.4, -0.2) is 28.3 Å². The van der Waals surface area contributed by atoms with Gasteiger partial charge < -0.3 is 5.32 Å². The quantitative estimate of drug-likeness (QED) is 0.818. The first-order valence-corrected chi connectivity index (χ1v) is 6.68. The van der Waals surface area contributed by atoms with Gasteiger partial charge in [-0.3, -0.25) is 23.9 Å². The van der Waals surface area contributed by atoms with Crippen LogP contribution in [0.3, 0.4) is 0 Å². The predicted molar refractivity (Wildman–Crippen MR) is 77.0 cm³/mol. The highest BCUT2D eigenvalue weighted by Crippen LogP contribution is 2.33. The van der Waals surface area contributed by atoms with Crippen LogP contribution >= 0.6 is 0 Å². The number of H-pyrrole nitrogens is 1. The third-order valence-electron chi connectivity index (χ3n) is 3.51. The van der Waals surface area contributed by atoms with Crippen molar-refractivity contribution in [2.75, 3.05) is 7.05 Å². The molecule has 7 nitrogen and oxygen atoms in total. The molecule has 0 spiro atoms. The third-order valence-corrected chi connectivity index (χ3v) is 3.51. The first kappa shape index (κ1) is 15.9. The molecule has 2 rings (SSSR count). The minimum atomic E-state index is -1.41. The lowest BCUT2D eigenvalue weighted by Crippen LogP contribution is -2.41. The molecule has 118 valence electrons. The molecule has 0 saturated carbocycles. The van der Waals surface area contributed by atoms with Gasteiger partial charge in [-0.1, -0.05) is 19.9 Å². The Hall–Kier alpha value is -2.51. The van der Waals surface area contributed by atoms with E-state index in [0.29, 0.717) is 11.0 Å². The van der Waals surface area contributed by atoms with Gasteiger partial charge in [-0.05, 0) is 11.8 Å². The average Bonchev–Trinajstić information content (AvgIpc) is 2.42. The third kappa shape index (κ3) is 2.63. The molecule has 0 bridgehead atoms. The molecule has 2 N–H and O–H groups in total. The molecule has 0 saturated heterocycles. The number of ketones is 1. The lowest BCUT2D eigenvalue weighted by atomic mass is 9.79. The number of halogens is 1. The number of aromatic amines is 1. The SMILES string of the molecule is CNC(=O)c1c(F)c(=O)[nH]c(=O)n1C1=CCC(C)(C)CC1=O. The summed E-state index contributed by atoms with van der Waals surface area (Å²) in [6.07, 6.45) is 2.12. The molecule has 1 aromatic rings. The van der Waals surface area contributed by atoms with Gasteiger partial charge in [0, 0.05) is 13.5 Å². The number of allylic oxidation sites excluding steroid dienone is 2. The highest BCUT2D eigenvalue weighted by molar-refractivity contribution is 6.16. The number of carbonyl (C=O) groups excluding carboxylic acids is 2. The normalized spacial score (nSPS) is 17.1. The fourth-order valence-electron chi connectivity index (χ4n) is 2.36. The van der Waals surface area contributed by atoms with Crippen molar-refractivity contribution in [3.8, 4) is 0 Å². The van der Waals surface area contributed by atoms with Crippen LogP contribution in [-0.2, 0) is 4.79 Å². The summed E-state index contributed by atoms with van der Waals surface area (Å²) in [6.45, 7) is 3.77. The standard InChI is InChI=1S/C14H16FN3O4/c1-14(2)5-4-7(8(19)6-14)18-10(12(21)16-3)9(15)11(20)17-13(18)22/h4H,5-6H2,1-3H3,(H,16,21)(H,17,20,22). The van der Waals surface area contributed by atoms with Gasteiger partial charge in [0.1, 0.15) is 0 Å². The first-order chi connectivity index (χ1) is 10.2. The number of nitrogens with zero attached hydrogens (tertiary/aromatic N) is 1. The highest BCUT2D eigenvalue weighted by atomic mass is 19.1. The van der Waals surface area contributed by atoms with Crippen molar-refractivity contribution < 1.29 is 14.0 Å². The van der Waals surface area contributed by atoms with Gasteiger partial charge in [-0.2, -0.15) is 4.39 Å². The van der Waals surface area contributed by atoms with Crippen LogP contribution in [0.2, 0.25) is 0 Å². The lowest BCUT2D eigenvalue weighted by Gasteiger charge is -2.28. The number of Topliss-reactive ketones (excluding diaryl/α,β-unsaturated/α-hetero) is 1. The van der Waals surface area contributed by atoms with Gasteiger partial charge in [0.25, 0.3) is 11.5 Å². The Morgan fingerprint density at radius 1 is 1.36 bits per heavy atom. The second kappa shape index (κ2) is 5.36. The summed E-state index contributed by atoms with van der Waals surface area (Å²) in [4.78, 5) is 49.2. The molecule has 1 amide bonds. The van der Waals surface area contributed by atoms with E-state index in [9.17, 15) is 23.6 Å². The Morgan fingerprint density at radius 2 is 2.00 bits per heavy atom. The summed E-state index contributed by atoms with van der Waals surface area (Å²) in [5.41, 5.74) is -3.47. The molecule has 0 aliphatic heterocycles. The van der Waals surface area contributed by atoms with Crippen molar-refractivity contribution in [2.45, 2.75) is 26.7 Å². The number of nitrogens with one attached hydrogen (secondary N) is 2. The van der Waals surface area contributed by atoms with Crippen molar-refractivity contribution in [3.05, 3.63) is 38.4 Å². The summed E-state index contributed by atoms with van der Waals surface area (Å²) in [5.74, 6) is -2.76. The summed E-state index contributed by atoms with van der Waals surface area (Å²) in [6, 6.07) is 0. The molecule has 1 aromatic heterocycles. The Morgan fingerprint density at radius 3 is 2.55 bits per heavy atom. The van der Waals surface area contributed by atoms with E-state index in [-0.39, 0.29) is 17.5 Å². The van der Waals surface area contributed by atoms with E-state index in [2.05, 4.69) is 5.32 Å². The molecular weight excluding hydrogens is 293 g/mol. The Balaban J connectivity index is 2.76. The minimum absolute atomic E-state index is 0.0990. The van der Waals surface area contributed by atoms with Gasteiger partial charge in [-0.15, -0.1) is 0 Å². The number of aromatic nitrogens is 2. The maximum atomic E-state index is 14.0. The van der Waals surface area contributed by atoms with Gasteiger partial charge in [0.15, 0.2) is 11.5 Å². The summed E-state index contributed by atoms with van der Waals surface area (Å²) in [7, 11) is 1.23. The number of hydrogen-bond donors (Lipinski definition) is 2. The van der Waals surface area contributed by atoms with Gasteiger partial charge >= 0.3 is 5.69 Å². The van der Waals surface area contributed by atoms with Crippen molar-refractivity contribution in [1.82, 2.24) is 14.9 Å². The number of hydrogen-bond acceptors (Lipinski definition) is 4. The molecule has 1 aliphatic carbocycles. The van der Waals surface area contributed by atoms with Gasteiger partial charge in [0.2, 0.25) is 5.82 Å². The second-order valence-electron chi connectivity index (χ2n) is 5.89. The van der Waals surface area contributed by atoms with Crippen molar-refractivity contribution in [2.24, 2.45) is 5.41 Å². The van der Waals surface area contributed by atoms with E-state index in [0.717, 1.165) is 0 Å². The summed E-state index contributed by atoms with van der Waals surface area (Å²) < 4.78 is 14.6. The molecule has 0 aromatic carbocycles. The second-order valence-corrected chi connectivity index (χ2v) is 5.89. The van der Waals surface area contributed by atoms with Crippen molar-refractivity contribution in [1.29, 1.82) is 0 Å². The van der Waals surface area contributed by atoms with Crippen molar-refractivity contribution in [3.63, 3.8) is 0 Å². The molecule has 1 heterocycles. The van der Waals surface area contributed by atoms with E-state index < -0.39 is 34.5 Å². The molecule has 0 unspecified atom stereocenters. The van der Waals surface area contributed by atoms with Crippen LogP contribution < -0.4 is 16.6 Å². The molecule has 8 heteroatoms. The molecule has 22 heavy (non-hydrogen) atoms. The summed E-state index contributed by atoms with van der Waals surface area (Å²) in [5, 5.41) is 2.16. The largest absolute Gasteiger partial charge is 0.354 e. The number of amides is 1. The lowest BCUT2D eigenvalue weighted by molar-refractivity contribution is -0.116. The molecule has 0 fully saturated rings. The summed E-state index contributed by atoms with van der Waals surface area (Å²) >= 11 is 0. The predicted octanol–water partition coefficient (Wildman–Crippen LogP) is 0.265. The van der Waals surface area contributed by atoms with Gasteiger partial charge in [0.05, 0.1) is 5.70 Å². The van der Waals surface area contributed by atoms with Crippen LogP contribution in [0.5, 0.6) is 0 Å². The fourth-order valence-corrected chi connectivity index (χ4v) is 2.36. The number of rotatable bonds is 2. The smallest absolute Gasteiger partial charge is 0.333 e. The average molecular weight is 309 g/mol. The minimum Gasteiger partial charge on any atom is -0.354 e. The monoisotopic (exact) mass is 309 g/mol. The zero-order valence-electron chi connectivity index (χ0n) is 12.4. The Kier molecular flexibility index (Phi) is 3.87. The van der Waals surface area contributed by atoms with Crippen LogP contribution in [0.15, 0.2) is 15.7 Å². The van der Waals surface area contributed by atoms with Crippen LogP contribution in [0.25, 0.3) is 5.70 Å². The van der Waals surface area contributed by atoms with Crippen molar-refractivity contribution >= 4 is 17.4 Å². The highest BCUT2D eigenvalue weighted by Gasteiger charge is 2.32. The van der Waals surface area contributed by atoms with E-state index in [1.54, 1.807) is 4.98 Å². The van der Waals surface area contributed by atoms with E-state index in [1.807, 2.05) is 13.8 Å². The molecule has 0 atom stereocenters. The molecular formula is C14H16FN3O4. The maximum Gasteiger partial charge on any atom is 0.333 e. The molecule has 1 aliphatic rings. The zero-order valence-corrected chi connectivity index (χ0v) is 12.4. The van der Waals surface area contributed by atoms with E-state index >= 15 is 0 Å². The zero-order chi connectivity index (χ0) is 16.7.